The molecule has 0 aromatic carbocycles. The van der Waals surface area contributed by atoms with E-state index in [1.165, 1.54) is 19.3 Å². The van der Waals surface area contributed by atoms with Crippen molar-refractivity contribution in [3.63, 3.8) is 0 Å². The van der Waals surface area contributed by atoms with Gasteiger partial charge in [-0.2, -0.15) is 0 Å². The van der Waals surface area contributed by atoms with E-state index in [1.54, 1.807) is 0 Å². The maximum Gasteiger partial charge on any atom is 0.305 e. The molecule has 122 valence electrons. The van der Waals surface area contributed by atoms with Gasteiger partial charge in [0, 0.05) is 6.42 Å². The van der Waals surface area contributed by atoms with E-state index in [0.717, 1.165) is 44.9 Å². The summed E-state index contributed by atoms with van der Waals surface area (Å²) < 4.78 is 5.25. The number of rotatable bonds is 14. The predicted molar refractivity (Wildman–Crippen MR) is 91.4 cm³/mol. The zero-order chi connectivity index (χ0) is 15.6. The zero-order valence-electron chi connectivity index (χ0n) is 14.1. The first-order chi connectivity index (χ1) is 10.3. The third-order valence-corrected chi connectivity index (χ3v) is 3.42. The molecule has 0 fully saturated rings. The van der Waals surface area contributed by atoms with Crippen LogP contribution in [-0.4, -0.2) is 12.6 Å². The maximum absolute atomic E-state index is 11.5. The summed E-state index contributed by atoms with van der Waals surface area (Å²) in [6.07, 6.45) is 20.6. The highest BCUT2D eigenvalue weighted by Gasteiger charge is 2.01. The molecular weight excluding hydrogens is 260 g/mol. The van der Waals surface area contributed by atoms with Crippen LogP contribution >= 0.6 is 0 Å². The first kappa shape index (κ1) is 19.9. The Labute approximate surface area is 131 Å². The van der Waals surface area contributed by atoms with E-state index in [9.17, 15) is 4.79 Å². The number of carbonyl (C=O) groups excluding carboxylic acids is 1. The molecule has 0 amide bonds. The van der Waals surface area contributed by atoms with Gasteiger partial charge in [-0.05, 0) is 58.3 Å². The van der Waals surface area contributed by atoms with Crippen LogP contribution in [-0.2, 0) is 9.53 Å². The number of hydrogen-bond donors (Lipinski definition) is 0. The van der Waals surface area contributed by atoms with Crippen LogP contribution in [0.2, 0.25) is 0 Å². The van der Waals surface area contributed by atoms with Gasteiger partial charge in [-0.1, -0.05) is 44.1 Å². The average Bonchev–Trinajstić information content (AvgIpc) is 2.49. The SMILES string of the molecule is CC=CCCCCCCC(=O)OCCCCC/C=C\CC. The first-order valence-corrected chi connectivity index (χ1v) is 8.73. The Morgan fingerprint density at radius 2 is 1.52 bits per heavy atom. The minimum atomic E-state index is -0.0191. The van der Waals surface area contributed by atoms with Crippen molar-refractivity contribution in [2.24, 2.45) is 0 Å². The highest BCUT2D eigenvalue weighted by Crippen LogP contribution is 2.07. The first-order valence-electron chi connectivity index (χ1n) is 8.73. The summed E-state index contributed by atoms with van der Waals surface area (Å²) in [5.74, 6) is -0.0191. The lowest BCUT2D eigenvalue weighted by atomic mass is 10.1. The van der Waals surface area contributed by atoms with Gasteiger partial charge in [0.05, 0.1) is 6.61 Å². The number of hydrogen-bond acceptors (Lipinski definition) is 2. The van der Waals surface area contributed by atoms with Crippen LogP contribution in [0.3, 0.4) is 0 Å². The third kappa shape index (κ3) is 16.9. The summed E-state index contributed by atoms with van der Waals surface area (Å²) >= 11 is 0. The summed E-state index contributed by atoms with van der Waals surface area (Å²) in [5, 5.41) is 0. The Kier molecular flexibility index (Phi) is 16.2. The summed E-state index contributed by atoms with van der Waals surface area (Å²) in [5.41, 5.74) is 0. The second-order valence-electron chi connectivity index (χ2n) is 5.47. The van der Waals surface area contributed by atoms with E-state index in [4.69, 9.17) is 4.74 Å². The molecular formula is C19H34O2. The van der Waals surface area contributed by atoms with Gasteiger partial charge >= 0.3 is 5.97 Å². The molecule has 0 rings (SSSR count). The summed E-state index contributed by atoms with van der Waals surface area (Å²) in [7, 11) is 0. The monoisotopic (exact) mass is 294 g/mol. The second-order valence-corrected chi connectivity index (χ2v) is 5.47. The van der Waals surface area contributed by atoms with Crippen molar-refractivity contribution in [1.82, 2.24) is 0 Å². The Bertz CT molecular complexity index is 279. The molecule has 0 saturated carbocycles. The largest absolute Gasteiger partial charge is 0.466 e. The van der Waals surface area contributed by atoms with E-state index in [0.29, 0.717) is 13.0 Å². The van der Waals surface area contributed by atoms with Gasteiger partial charge < -0.3 is 4.74 Å². The van der Waals surface area contributed by atoms with Gasteiger partial charge in [0.15, 0.2) is 0 Å². The number of esters is 1. The quantitative estimate of drug-likeness (QED) is 0.224. The van der Waals surface area contributed by atoms with Crippen LogP contribution in [0.25, 0.3) is 0 Å². The van der Waals surface area contributed by atoms with Gasteiger partial charge in [-0.3, -0.25) is 4.79 Å². The lowest BCUT2D eigenvalue weighted by molar-refractivity contribution is -0.143. The molecule has 2 heteroatoms. The summed E-state index contributed by atoms with van der Waals surface area (Å²) in [6.45, 7) is 4.80. The standard InChI is InChI=1S/C19H34O2/c1-3-5-7-9-11-13-15-17-19(20)21-18-16-14-12-10-8-6-4-2/h3,5-6,8H,4,7,9-18H2,1-2H3/b5-3?,8-6-. The smallest absolute Gasteiger partial charge is 0.305 e. The molecule has 0 unspecified atom stereocenters. The topological polar surface area (TPSA) is 26.3 Å². The van der Waals surface area contributed by atoms with E-state index < -0.39 is 0 Å². The molecule has 0 saturated heterocycles. The van der Waals surface area contributed by atoms with E-state index in [1.807, 2.05) is 0 Å². The van der Waals surface area contributed by atoms with Crippen molar-refractivity contribution >= 4 is 5.97 Å². The number of ether oxygens (including phenoxy) is 1. The fourth-order valence-corrected chi connectivity index (χ4v) is 2.14. The van der Waals surface area contributed by atoms with Gasteiger partial charge in [0.2, 0.25) is 0 Å². The Balaban J connectivity index is 3.21. The van der Waals surface area contributed by atoms with Crippen molar-refractivity contribution in [2.75, 3.05) is 6.61 Å². The van der Waals surface area contributed by atoms with Crippen molar-refractivity contribution < 1.29 is 9.53 Å². The fraction of sp³-hybridized carbons (Fsp3) is 0.737. The van der Waals surface area contributed by atoms with Crippen molar-refractivity contribution in [3.05, 3.63) is 24.3 Å². The van der Waals surface area contributed by atoms with Crippen LogP contribution in [0.1, 0.15) is 84.5 Å². The minimum absolute atomic E-state index is 0.0191. The van der Waals surface area contributed by atoms with Gasteiger partial charge in [0.1, 0.15) is 0 Å². The van der Waals surface area contributed by atoms with Crippen molar-refractivity contribution in [2.45, 2.75) is 84.5 Å². The average molecular weight is 294 g/mol. The molecule has 0 spiro atoms. The molecule has 0 aliphatic rings. The lowest BCUT2D eigenvalue weighted by Crippen LogP contribution is -2.05. The zero-order valence-corrected chi connectivity index (χ0v) is 14.1. The van der Waals surface area contributed by atoms with Crippen LogP contribution in [0, 0.1) is 0 Å². The van der Waals surface area contributed by atoms with Crippen LogP contribution < -0.4 is 0 Å². The molecule has 0 heterocycles. The molecule has 0 aromatic heterocycles. The minimum Gasteiger partial charge on any atom is -0.466 e. The van der Waals surface area contributed by atoms with E-state index in [-0.39, 0.29) is 5.97 Å². The highest BCUT2D eigenvalue weighted by atomic mass is 16.5. The molecule has 0 aromatic rings. The number of carbonyl (C=O) groups is 1. The molecule has 0 radical (unpaired) electrons. The third-order valence-electron chi connectivity index (χ3n) is 3.42. The highest BCUT2D eigenvalue weighted by molar-refractivity contribution is 5.69. The van der Waals surface area contributed by atoms with Gasteiger partial charge in [-0.15, -0.1) is 0 Å². The van der Waals surface area contributed by atoms with Gasteiger partial charge in [-0.25, -0.2) is 0 Å². The molecule has 0 aliphatic carbocycles. The Morgan fingerprint density at radius 1 is 0.857 bits per heavy atom. The maximum atomic E-state index is 11.5. The molecule has 21 heavy (non-hydrogen) atoms. The number of allylic oxidation sites excluding steroid dienone is 4. The molecule has 0 N–H and O–H groups in total. The molecule has 0 bridgehead atoms. The van der Waals surface area contributed by atoms with Crippen molar-refractivity contribution in [3.8, 4) is 0 Å². The van der Waals surface area contributed by atoms with E-state index >= 15 is 0 Å². The van der Waals surface area contributed by atoms with Crippen molar-refractivity contribution in [1.29, 1.82) is 0 Å². The lowest BCUT2D eigenvalue weighted by Gasteiger charge is -2.04. The Morgan fingerprint density at radius 3 is 2.24 bits per heavy atom. The van der Waals surface area contributed by atoms with E-state index in [2.05, 4.69) is 38.2 Å². The van der Waals surface area contributed by atoms with Crippen LogP contribution in [0.5, 0.6) is 0 Å². The molecule has 2 nitrogen and oxygen atoms in total. The summed E-state index contributed by atoms with van der Waals surface area (Å²) in [4.78, 5) is 11.5. The summed E-state index contributed by atoms with van der Waals surface area (Å²) in [6, 6.07) is 0. The van der Waals surface area contributed by atoms with Crippen LogP contribution in [0.15, 0.2) is 24.3 Å². The van der Waals surface area contributed by atoms with Gasteiger partial charge in [0.25, 0.3) is 0 Å². The Hall–Kier alpha value is -1.05. The molecule has 0 aliphatic heterocycles. The number of unbranched alkanes of at least 4 members (excludes halogenated alkanes) is 7. The fourth-order valence-electron chi connectivity index (χ4n) is 2.14. The predicted octanol–water partition coefficient (Wildman–Crippen LogP) is 5.97. The molecule has 0 atom stereocenters. The van der Waals surface area contributed by atoms with Crippen LogP contribution in [0.4, 0.5) is 0 Å². The second kappa shape index (κ2) is 17.0. The normalized spacial score (nSPS) is 11.5.